The molecule has 0 aliphatic carbocycles. The molecule has 4 rings (SSSR count). The molecule has 0 radical (unpaired) electrons. The molecule has 4 nitrogen and oxygen atoms in total. The second-order valence-corrected chi connectivity index (χ2v) is 5.94. The zero-order valence-electron chi connectivity index (χ0n) is 13.1. The highest BCUT2D eigenvalue weighted by atomic mass is 35.5. The number of allylic oxidation sites excluding steroid dienone is 1. The second-order valence-electron chi connectivity index (χ2n) is 5.54. The van der Waals surface area contributed by atoms with Crippen molar-refractivity contribution >= 4 is 59.3 Å². The number of halogens is 2. The van der Waals surface area contributed by atoms with E-state index in [4.69, 9.17) is 16.6 Å². The lowest BCUT2D eigenvalue weighted by Gasteiger charge is -2.07. The number of hydrogen-bond donors (Lipinski definition) is 1. The number of benzene rings is 2. The van der Waals surface area contributed by atoms with E-state index in [1.807, 2.05) is 41.1 Å². The Balaban J connectivity index is 1.90. The quantitative estimate of drug-likeness (QED) is 0.582. The Hall–Kier alpha value is -3.05. The van der Waals surface area contributed by atoms with Crippen LogP contribution in [0.4, 0.5) is 15.9 Å². The maximum atomic E-state index is 13.4. The molecule has 0 saturated heterocycles. The maximum Gasteiger partial charge on any atom is 0.254 e. The monoisotopic (exact) mass is 351 g/mol. The van der Waals surface area contributed by atoms with Crippen molar-refractivity contribution in [1.82, 2.24) is 4.98 Å². The summed E-state index contributed by atoms with van der Waals surface area (Å²) < 4.78 is 15.4. The van der Waals surface area contributed by atoms with Gasteiger partial charge in [0.15, 0.2) is 6.20 Å². The first-order valence-electron chi connectivity index (χ1n) is 7.58. The van der Waals surface area contributed by atoms with Gasteiger partial charge in [-0.1, -0.05) is 11.6 Å². The molecular formula is C19H13ClFN4+. The summed E-state index contributed by atoms with van der Waals surface area (Å²) in [6.07, 6.45) is 7.56. The van der Waals surface area contributed by atoms with Gasteiger partial charge in [-0.2, -0.15) is 4.57 Å². The fraction of sp³-hybridized carbons (Fsp3) is 0. The number of anilines is 2. The molecule has 0 fully saturated rings. The number of hydrogen-bond acceptors (Lipinski definition) is 3. The molecule has 1 aliphatic rings. The van der Waals surface area contributed by atoms with Gasteiger partial charge in [0.25, 0.3) is 5.35 Å². The van der Waals surface area contributed by atoms with Crippen molar-refractivity contribution < 1.29 is 8.96 Å². The highest BCUT2D eigenvalue weighted by molar-refractivity contribution is 6.31. The van der Waals surface area contributed by atoms with E-state index in [9.17, 15) is 4.39 Å². The molecule has 0 amide bonds. The third kappa shape index (κ3) is 2.79. The van der Waals surface area contributed by atoms with Gasteiger partial charge in [-0.25, -0.2) is 9.37 Å². The Morgan fingerprint density at radius 1 is 1.24 bits per heavy atom. The van der Waals surface area contributed by atoms with Gasteiger partial charge in [0.05, 0.1) is 5.02 Å². The van der Waals surface area contributed by atoms with Gasteiger partial charge in [-0.05, 0) is 42.3 Å². The van der Waals surface area contributed by atoms with Gasteiger partial charge in [-0.3, -0.25) is 4.99 Å². The number of rotatable bonds is 3. The van der Waals surface area contributed by atoms with Crippen LogP contribution in [-0.2, 0) is 0 Å². The van der Waals surface area contributed by atoms with Gasteiger partial charge in [0.1, 0.15) is 11.3 Å². The van der Waals surface area contributed by atoms with Crippen LogP contribution in [0.2, 0.25) is 5.02 Å². The average molecular weight is 352 g/mol. The van der Waals surface area contributed by atoms with Crippen LogP contribution in [0.15, 0.2) is 47.5 Å². The number of aliphatic imine (C=N–C) groups is 1. The van der Waals surface area contributed by atoms with Crippen LogP contribution in [0.5, 0.6) is 0 Å². The largest absolute Gasteiger partial charge is 0.335 e. The molecule has 2 aromatic carbocycles. The van der Waals surface area contributed by atoms with E-state index < -0.39 is 5.82 Å². The van der Waals surface area contributed by atoms with Crippen LogP contribution in [-0.4, -0.2) is 11.7 Å². The Morgan fingerprint density at radius 3 is 2.92 bits per heavy atom. The van der Waals surface area contributed by atoms with Crippen LogP contribution in [0.3, 0.4) is 0 Å². The van der Waals surface area contributed by atoms with Crippen molar-refractivity contribution in [2.75, 3.05) is 5.32 Å². The van der Waals surface area contributed by atoms with E-state index in [1.165, 1.54) is 12.1 Å². The molecule has 0 spiro atoms. The van der Waals surface area contributed by atoms with Crippen LogP contribution in [0.25, 0.3) is 29.5 Å². The summed E-state index contributed by atoms with van der Waals surface area (Å²) in [4.78, 5) is 8.51. The fourth-order valence-corrected chi connectivity index (χ4v) is 2.96. The summed E-state index contributed by atoms with van der Waals surface area (Å²) in [5, 5.41) is 5.10. The van der Waals surface area contributed by atoms with E-state index in [0.29, 0.717) is 11.5 Å². The van der Waals surface area contributed by atoms with Crippen molar-refractivity contribution in [2.24, 2.45) is 4.99 Å². The molecule has 0 atom stereocenters. The minimum atomic E-state index is -0.455. The predicted molar refractivity (Wildman–Crippen MR) is 99.7 cm³/mol. The Morgan fingerprint density at radius 2 is 2.12 bits per heavy atom. The van der Waals surface area contributed by atoms with Gasteiger partial charge in [0.2, 0.25) is 11.3 Å². The number of aromatic nitrogens is 2. The van der Waals surface area contributed by atoms with Crippen LogP contribution < -0.4 is 20.5 Å². The lowest BCUT2D eigenvalue weighted by atomic mass is 10.2. The SMILES string of the molecule is C=NC=c1ccc2c(c1)nc(Nc1ccc(F)c(Cl)c1)c1[n+]2C=CC=1. The summed E-state index contributed by atoms with van der Waals surface area (Å²) in [5.74, 6) is 0.201. The Bertz CT molecular complexity index is 1170. The van der Waals surface area contributed by atoms with E-state index in [2.05, 4.69) is 17.0 Å². The van der Waals surface area contributed by atoms with E-state index >= 15 is 0 Å². The maximum absolute atomic E-state index is 13.4. The van der Waals surface area contributed by atoms with Crippen LogP contribution in [0, 0.1) is 5.82 Å². The van der Waals surface area contributed by atoms with Gasteiger partial charge < -0.3 is 5.32 Å². The number of nitrogens with zero attached hydrogens (tertiary/aromatic N) is 3. The summed E-state index contributed by atoms with van der Waals surface area (Å²) in [6, 6.07) is 10.4. The molecule has 0 saturated carbocycles. The molecule has 25 heavy (non-hydrogen) atoms. The van der Waals surface area contributed by atoms with Crippen molar-refractivity contribution in [3.63, 3.8) is 0 Å². The minimum Gasteiger partial charge on any atom is -0.335 e. The summed E-state index contributed by atoms with van der Waals surface area (Å²) in [5.41, 5.74) is 2.44. The number of fused-ring (bicyclic) bond motifs is 3. The van der Waals surface area contributed by atoms with Gasteiger partial charge >= 0.3 is 0 Å². The molecule has 6 heteroatoms. The average Bonchev–Trinajstić information content (AvgIpc) is 3.09. The van der Waals surface area contributed by atoms with Crippen molar-refractivity contribution in [3.05, 3.63) is 63.9 Å². The van der Waals surface area contributed by atoms with Crippen molar-refractivity contribution in [1.29, 1.82) is 0 Å². The van der Waals surface area contributed by atoms with Crippen LogP contribution >= 0.6 is 11.6 Å². The van der Waals surface area contributed by atoms with Crippen molar-refractivity contribution in [3.8, 4) is 0 Å². The fourth-order valence-electron chi connectivity index (χ4n) is 2.78. The third-order valence-corrected chi connectivity index (χ3v) is 4.19. The van der Waals surface area contributed by atoms with E-state index in [-0.39, 0.29) is 5.02 Å². The first-order valence-corrected chi connectivity index (χ1v) is 7.95. The van der Waals surface area contributed by atoms with Gasteiger partial charge in [-0.15, -0.1) is 0 Å². The molecule has 122 valence electrons. The second kappa shape index (κ2) is 6.11. The highest BCUT2D eigenvalue weighted by Gasteiger charge is 2.18. The predicted octanol–water partition coefficient (Wildman–Crippen LogP) is 2.76. The molecule has 1 aliphatic heterocycles. The van der Waals surface area contributed by atoms with E-state index in [0.717, 1.165) is 21.6 Å². The summed E-state index contributed by atoms with van der Waals surface area (Å²) in [6.45, 7) is 3.48. The summed E-state index contributed by atoms with van der Waals surface area (Å²) in [7, 11) is 0. The molecule has 1 aromatic heterocycles. The first-order chi connectivity index (χ1) is 12.2. The molecule has 0 unspecified atom stereocenters. The van der Waals surface area contributed by atoms with Gasteiger partial charge in [0, 0.05) is 30.1 Å². The Labute approximate surface area is 147 Å². The summed E-state index contributed by atoms with van der Waals surface area (Å²) >= 11 is 5.87. The van der Waals surface area contributed by atoms with Crippen LogP contribution in [0.1, 0.15) is 0 Å². The molecular weight excluding hydrogens is 339 g/mol. The smallest absolute Gasteiger partial charge is 0.254 e. The minimum absolute atomic E-state index is 0.0612. The Kier molecular flexibility index (Phi) is 3.78. The zero-order valence-corrected chi connectivity index (χ0v) is 13.8. The molecule has 0 bridgehead atoms. The first kappa shape index (κ1) is 15.5. The molecule has 3 aromatic rings. The normalized spacial score (nSPS) is 13.0. The molecule has 2 heterocycles. The zero-order chi connectivity index (χ0) is 17.4. The topological polar surface area (TPSA) is 41.2 Å². The number of nitrogens with one attached hydrogen (secondary N) is 1. The standard InChI is InChI=1S/C19H13ClFN4/c1-22-11-12-4-7-17-16(9-12)24-19(18-3-2-8-25(17)18)23-13-5-6-15(21)14(20)10-13/h2-11H,1H2,(H,23,24)/q+1. The lowest BCUT2D eigenvalue weighted by molar-refractivity contribution is -0.551. The third-order valence-electron chi connectivity index (χ3n) is 3.91. The van der Waals surface area contributed by atoms with Crippen molar-refractivity contribution in [2.45, 2.75) is 0 Å². The highest BCUT2D eigenvalue weighted by Crippen LogP contribution is 2.21. The molecule has 1 N–H and O–H groups in total. The van der Waals surface area contributed by atoms with E-state index in [1.54, 1.807) is 12.3 Å². The lowest BCUT2D eigenvalue weighted by Crippen LogP contribution is -2.45.